The summed E-state index contributed by atoms with van der Waals surface area (Å²) in [4.78, 5) is 52.0. The van der Waals surface area contributed by atoms with Gasteiger partial charge in [0, 0.05) is 11.6 Å². The molecule has 0 saturated carbocycles. The van der Waals surface area contributed by atoms with Crippen molar-refractivity contribution in [2.75, 3.05) is 20.3 Å². The molecule has 1 rings (SSSR count). The molecule has 35 heavy (non-hydrogen) atoms. The number of aliphatic hydroxyl groups excluding tert-OH is 1. The van der Waals surface area contributed by atoms with E-state index in [0.29, 0.717) is 12.0 Å². The largest absolute Gasteiger partial charge is 0.507 e. The van der Waals surface area contributed by atoms with Crippen LogP contribution in [0, 0.1) is 6.92 Å². The summed E-state index contributed by atoms with van der Waals surface area (Å²) >= 11 is 0. The first-order chi connectivity index (χ1) is 16.3. The number of carbonyl (C=O) groups excluding carboxylic acids is 4. The van der Waals surface area contributed by atoms with E-state index in [0.717, 1.165) is 0 Å². The number of nitrogens with one attached hydrogen (secondary N) is 2. The number of carbonyl (C=O) groups is 4. The smallest absolute Gasteiger partial charge is 0.408 e. The minimum Gasteiger partial charge on any atom is -0.507 e. The molecule has 3 atom stereocenters. The minimum atomic E-state index is -1.43. The second-order valence-corrected chi connectivity index (χ2v) is 9.09. The van der Waals surface area contributed by atoms with Crippen LogP contribution in [0.25, 0.3) is 0 Å². The number of aryl methyl sites for hydroxylation is 1. The molecule has 0 aromatic heterocycles. The molecular weight excluding hydrogens is 458 g/mol. The molecular formula is C24H37N3O8. The summed E-state index contributed by atoms with van der Waals surface area (Å²) in [7, 11) is 1.17. The molecule has 0 heterocycles. The number of phenols is 1. The first-order valence-electron chi connectivity index (χ1n) is 11.3. The molecule has 1 aromatic rings. The van der Waals surface area contributed by atoms with Crippen LogP contribution >= 0.6 is 0 Å². The van der Waals surface area contributed by atoms with Crippen molar-refractivity contribution in [1.29, 1.82) is 0 Å². The minimum absolute atomic E-state index is 0.120. The Hall–Kier alpha value is -3.34. The Labute approximate surface area is 205 Å². The third kappa shape index (κ3) is 8.43. The summed E-state index contributed by atoms with van der Waals surface area (Å²) in [5.41, 5.74) is -0.252. The van der Waals surface area contributed by atoms with Crippen LogP contribution in [0.5, 0.6) is 5.75 Å². The van der Waals surface area contributed by atoms with Gasteiger partial charge in [0.2, 0.25) is 11.8 Å². The molecule has 0 bridgehead atoms. The zero-order valence-electron chi connectivity index (χ0n) is 21.4. The number of para-hydroxylation sites is 1. The molecule has 0 fully saturated rings. The summed E-state index contributed by atoms with van der Waals surface area (Å²) < 4.78 is 9.76. The number of hydrogen-bond acceptors (Lipinski definition) is 8. The molecule has 1 aromatic carbocycles. The lowest BCUT2D eigenvalue weighted by molar-refractivity contribution is -0.147. The number of alkyl carbamates (subject to hydrolysis) is 1. The van der Waals surface area contributed by atoms with Gasteiger partial charge >= 0.3 is 12.1 Å². The van der Waals surface area contributed by atoms with E-state index in [-0.39, 0.29) is 11.3 Å². The number of amides is 3. The number of ether oxygens (including phenoxy) is 2. The fourth-order valence-corrected chi connectivity index (χ4v) is 3.26. The van der Waals surface area contributed by atoms with Crippen molar-refractivity contribution in [2.24, 2.45) is 0 Å². The Kier molecular flexibility index (Phi) is 11.0. The summed E-state index contributed by atoms with van der Waals surface area (Å²) in [5.74, 6) is -2.43. The first-order valence-corrected chi connectivity index (χ1v) is 11.3. The highest BCUT2D eigenvalue weighted by molar-refractivity contribution is 5.94. The molecule has 0 aliphatic carbocycles. The highest BCUT2D eigenvalue weighted by Gasteiger charge is 2.39. The van der Waals surface area contributed by atoms with E-state index in [2.05, 4.69) is 15.4 Å². The summed E-state index contributed by atoms with van der Waals surface area (Å²) in [5, 5.41) is 25.4. The Bertz CT molecular complexity index is 913. The number of nitrogens with zero attached hydrogens (tertiary/aromatic N) is 1. The monoisotopic (exact) mass is 495 g/mol. The van der Waals surface area contributed by atoms with Crippen LogP contribution in [0.15, 0.2) is 18.2 Å². The van der Waals surface area contributed by atoms with Gasteiger partial charge < -0.3 is 35.2 Å². The van der Waals surface area contributed by atoms with E-state index < -0.39 is 60.8 Å². The van der Waals surface area contributed by atoms with E-state index in [4.69, 9.17) is 4.74 Å². The van der Waals surface area contributed by atoms with Gasteiger partial charge in [0.05, 0.1) is 13.7 Å². The van der Waals surface area contributed by atoms with E-state index in [1.807, 2.05) is 0 Å². The number of esters is 1. The first kappa shape index (κ1) is 29.7. The predicted molar refractivity (Wildman–Crippen MR) is 127 cm³/mol. The van der Waals surface area contributed by atoms with Crippen LogP contribution in [0.2, 0.25) is 0 Å². The van der Waals surface area contributed by atoms with Gasteiger partial charge in [-0.15, -0.1) is 0 Å². The number of rotatable bonds is 10. The van der Waals surface area contributed by atoms with Crippen LogP contribution < -0.4 is 10.6 Å². The van der Waals surface area contributed by atoms with Crippen molar-refractivity contribution in [1.82, 2.24) is 15.5 Å². The summed E-state index contributed by atoms with van der Waals surface area (Å²) in [6.07, 6.45) is -0.511. The topological polar surface area (TPSA) is 154 Å². The lowest BCUT2D eigenvalue weighted by Gasteiger charge is -2.38. The highest BCUT2D eigenvalue weighted by atomic mass is 16.6. The standard InChI is InChI=1S/C24H37N3O8/c1-8-15(3)27(22(32)17(13-28)26-23(33)35-24(4,5)6)19(21(31)25-12-18(29)34-7)16-11-9-10-14(2)20(16)30/h9-11,15,17,19,28,30H,8,12-13H2,1-7H3,(H,25,31)(H,26,33). The molecule has 4 N–H and O–H groups in total. The number of aliphatic hydroxyl groups is 1. The van der Waals surface area contributed by atoms with Crippen LogP contribution in [0.1, 0.15) is 58.2 Å². The van der Waals surface area contributed by atoms with Crippen molar-refractivity contribution < 1.29 is 38.9 Å². The average molecular weight is 496 g/mol. The predicted octanol–water partition coefficient (Wildman–Crippen LogP) is 1.54. The molecule has 11 nitrogen and oxygen atoms in total. The van der Waals surface area contributed by atoms with Crippen molar-refractivity contribution in [3.05, 3.63) is 29.3 Å². The molecule has 0 aliphatic heterocycles. The van der Waals surface area contributed by atoms with Crippen molar-refractivity contribution in [3.8, 4) is 5.75 Å². The Morgan fingerprint density at radius 2 is 1.80 bits per heavy atom. The third-order valence-electron chi connectivity index (χ3n) is 5.22. The quantitative estimate of drug-likeness (QED) is 0.356. The van der Waals surface area contributed by atoms with Crippen LogP contribution in [-0.4, -0.2) is 76.9 Å². The van der Waals surface area contributed by atoms with Gasteiger partial charge in [-0.2, -0.15) is 0 Å². The SMILES string of the molecule is CCC(C)N(C(=O)C(CO)NC(=O)OC(C)(C)C)C(C(=O)NCC(=O)OC)c1cccc(C)c1O. The normalized spacial score (nSPS) is 13.7. The van der Waals surface area contributed by atoms with E-state index >= 15 is 0 Å². The fraction of sp³-hybridized carbons (Fsp3) is 0.583. The average Bonchev–Trinajstić information content (AvgIpc) is 2.79. The van der Waals surface area contributed by atoms with Gasteiger partial charge in [-0.25, -0.2) is 4.79 Å². The molecule has 11 heteroatoms. The molecule has 0 aliphatic rings. The van der Waals surface area contributed by atoms with Gasteiger partial charge in [0.15, 0.2) is 0 Å². The molecule has 196 valence electrons. The van der Waals surface area contributed by atoms with Crippen LogP contribution in [0.4, 0.5) is 4.79 Å². The van der Waals surface area contributed by atoms with Crippen molar-refractivity contribution in [2.45, 2.75) is 71.7 Å². The van der Waals surface area contributed by atoms with Gasteiger partial charge in [-0.3, -0.25) is 14.4 Å². The lowest BCUT2D eigenvalue weighted by Crippen LogP contribution is -2.56. The maximum atomic E-state index is 13.6. The van der Waals surface area contributed by atoms with Gasteiger partial charge in [-0.1, -0.05) is 25.1 Å². The second-order valence-electron chi connectivity index (χ2n) is 9.09. The number of hydrogen-bond donors (Lipinski definition) is 4. The second kappa shape index (κ2) is 12.9. The Balaban J connectivity index is 3.51. The molecule has 3 unspecified atom stereocenters. The van der Waals surface area contributed by atoms with E-state index in [9.17, 15) is 29.4 Å². The molecule has 0 saturated heterocycles. The Morgan fingerprint density at radius 1 is 1.17 bits per heavy atom. The summed E-state index contributed by atoms with van der Waals surface area (Å²) in [6, 6.07) is 1.37. The zero-order valence-corrected chi connectivity index (χ0v) is 21.4. The zero-order chi connectivity index (χ0) is 26.9. The molecule has 3 amide bonds. The molecule has 0 radical (unpaired) electrons. The lowest BCUT2D eigenvalue weighted by atomic mass is 9.97. The van der Waals surface area contributed by atoms with E-state index in [1.54, 1.807) is 53.7 Å². The number of phenolic OH excluding ortho intramolecular Hbond substituents is 1. The number of aromatic hydroxyl groups is 1. The van der Waals surface area contributed by atoms with Gasteiger partial charge in [0.25, 0.3) is 0 Å². The molecule has 0 spiro atoms. The maximum absolute atomic E-state index is 13.6. The maximum Gasteiger partial charge on any atom is 0.408 e. The van der Waals surface area contributed by atoms with Crippen LogP contribution in [-0.2, 0) is 23.9 Å². The van der Waals surface area contributed by atoms with Crippen molar-refractivity contribution in [3.63, 3.8) is 0 Å². The number of benzene rings is 1. The van der Waals surface area contributed by atoms with Crippen molar-refractivity contribution >= 4 is 23.9 Å². The van der Waals surface area contributed by atoms with E-state index in [1.165, 1.54) is 18.1 Å². The Morgan fingerprint density at radius 3 is 2.31 bits per heavy atom. The third-order valence-corrected chi connectivity index (χ3v) is 5.22. The fourth-order valence-electron chi connectivity index (χ4n) is 3.26. The van der Waals surface area contributed by atoms with Crippen LogP contribution in [0.3, 0.4) is 0 Å². The number of methoxy groups -OCH3 is 1. The van der Waals surface area contributed by atoms with Gasteiger partial charge in [0.1, 0.15) is 30.0 Å². The highest BCUT2D eigenvalue weighted by Crippen LogP contribution is 2.33. The summed E-state index contributed by atoms with van der Waals surface area (Å²) in [6.45, 7) is 8.84. The van der Waals surface area contributed by atoms with Gasteiger partial charge in [-0.05, 0) is 46.6 Å².